The van der Waals surface area contributed by atoms with Gasteiger partial charge in [0.05, 0.1) is 0 Å². The Kier molecular flexibility index (Phi) is 3.55. The molecule has 0 heterocycles. The summed E-state index contributed by atoms with van der Waals surface area (Å²) in [7, 11) is 0. The molecular weight excluding hydrogens is 210 g/mol. The van der Waals surface area contributed by atoms with Crippen LogP contribution in [0.15, 0.2) is 54.6 Å². The monoisotopic (exact) mass is 225 g/mol. The minimum Gasteiger partial charge on any atom is -0.618 e. The normalized spacial score (nSPS) is 11.5. The smallest absolute Gasteiger partial charge is 0.216 e. The molecule has 17 heavy (non-hydrogen) atoms. The zero-order valence-corrected chi connectivity index (χ0v) is 9.84. The van der Waals surface area contributed by atoms with Gasteiger partial charge in [-0.25, -0.2) is 0 Å². The first-order chi connectivity index (χ1) is 8.29. The Bertz CT molecular complexity index is 500. The number of rotatable bonds is 3. The Morgan fingerprint density at radius 1 is 1.00 bits per heavy atom. The number of aryl methyl sites for hydroxylation is 1. The molecule has 2 nitrogen and oxygen atoms in total. The number of benzene rings is 2. The van der Waals surface area contributed by atoms with Gasteiger partial charge in [-0.05, 0) is 24.1 Å². The molecule has 0 aliphatic carbocycles. The van der Waals surface area contributed by atoms with Crippen molar-refractivity contribution in [3.8, 4) is 0 Å². The molecule has 86 valence electrons. The molecule has 0 aliphatic rings. The zero-order valence-electron chi connectivity index (χ0n) is 9.84. The number of nitrogens with zero attached hydrogens (tertiary/aromatic N) is 1. The van der Waals surface area contributed by atoms with E-state index in [0.29, 0.717) is 5.69 Å². The molecule has 0 saturated heterocycles. The first kappa shape index (κ1) is 11.4. The van der Waals surface area contributed by atoms with Crippen LogP contribution in [-0.4, -0.2) is 11.0 Å². The van der Waals surface area contributed by atoms with Crippen LogP contribution in [0.5, 0.6) is 0 Å². The Hall–Kier alpha value is -2.09. The van der Waals surface area contributed by atoms with Gasteiger partial charge in [0.25, 0.3) is 0 Å². The summed E-state index contributed by atoms with van der Waals surface area (Å²) >= 11 is 0. The molecule has 0 aliphatic heterocycles. The van der Waals surface area contributed by atoms with E-state index in [1.807, 2.05) is 54.6 Å². The number of hydrogen-bond donors (Lipinski definition) is 0. The predicted molar refractivity (Wildman–Crippen MR) is 70.7 cm³/mol. The van der Waals surface area contributed by atoms with Gasteiger partial charge in [-0.3, -0.25) is 0 Å². The third kappa shape index (κ3) is 2.94. The van der Waals surface area contributed by atoms with Gasteiger partial charge in [0, 0.05) is 17.7 Å². The largest absolute Gasteiger partial charge is 0.618 e. The molecule has 0 saturated carbocycles. The summed E-state index contributed by atoms with van der Waals surface area (Å²) in [5.74, 6) is 0. The average Bonchev–Trinajstić information content (AvgIpc) is 2.40. The lowest BCUT2D eigenvalue weighted by atomic mass is 10.1. The van der Waals surface area contributed by atoms with Crippen molar-refractivity contribution >= 4 is 11.9 Å². The SMILES string of the molecule is CCc1ccc(/[N+]([O-])=C/c2ccccc2)cc1. The molecule has 2 rings (SSSR count). The van der Waals surface area contributed by atoms with Gasteiger partial charge >= 0.3 is 0 Å². The van der Waals surface area contributed by atoms with Crippen LogP contribution in [0.2, 0.25) is 0 Å². The van der Waals surface area contributed by atoms with Crippen LogP contribution in [0.25, 0.3) is 0 Å². The van der Waals surface area contributed by atoms with Crippen molar-refractivity contribution in [2.45, 2.75) is 13.3 Å². The second-order valence-electron chi connectivity index (χ2n) is 3.89. The van der Waals surface area contributed by atoms with Crippen LogP contribution in [-0.2, 0) is 6.42 Å². The van der Waals surface area contributed by atoms with E-state index in [0.717, 1.165) is 16.7 Å². The summed E-state index contributed by atoms with van der Waals surface area (Å²) in [6, 6.07) is 17.3. The quantitative estimate of drug-likeness (QED) is 0.340. The summed E-state index contributed by atoms with van der Waals surface area (Å²) in [6.45, 7) is 2.10. The van der Waals surface area contributed by atoms with Gasteiger partial charge in [0.15, 0.2) is 6.21 Å². The van der Waals surface area contributed by atoms with Gasteiger partial charge in [0.2, 0.25) is 5.69 Å². The van der Waals surface area contributed by atoms with E-state index in [1.54, 1.807) is 6.21 Å². The van der Waals surface area contributed by atoms with Crippen molar-refractivity contribution in [2.75, 3.05) is 0 Å². The molecule has 0 radical (unpaired) electrons. The lowest BCUT2D eigenvalue weighted by molar-refractivity contribution is -0.354. The maximum absolute atomic E-state index is 11.9. The van der Waals surface area contributed by atoms with Gasteiger partial charge in [0.1, 0.15) is 0 Å². The van der Waals surface area contributed by atoms with Gasteiger partial charge in [-0.2, -0.15) is 4.74 Å². The zero-order chi connectivity index (χ0) is 12.1. The highest BCUT2D eigenvalue weighted by molar-refractivity contribution is 5.76. The van der Waals surface area contributed by atoms with Crippen LogP contribution in [0.4, 0.5) is 5.69 Å². The molecule has 0 fully saturated rings. The highest BCUT2D eigenvalue weighted by atomic mass is 16.5. The molecule has 0 spiro atoms. The molecule has 0 N–H and O–H groups in total. The van der Waals surface area contributed by atoms with E-state index >= 15 is 0 Å². The second kappa shape index (κ2) is 5.30. The fourth-order valence-corrected chi connectivity index (χ4v) is 1.63. The van der Waals surface area contributed by atoms with E-state index in [2.05, 4.69) is 6.92 Å². The topological polar surface area (TPSA) is 26.1 Å². The van der Waals surface area contributed by atoms with Crippen LogP contribution in [0, 0.1) is 5.21 Å². The maximum Gasteiger partial charge on any atom is 0.216 e. The first-order valence-electron chi connectivity index (χ1n) is 5.75. The Balaban J connectivity index is 2.24. The maximum atomic E-state index is 11.9. The fraction of sp³-hybridized carbons (Fsp3) is 0.133. The Labute approximate surface area is 101 Å². The van der Waals surface area contributed by atoms with Crippen molar-refractivity contribution in [3.63, 3.8) is 0 Å². The standard InChI is InChI=1S/C15H15NO/c1-2-13-8-10-15(11-9-13)16(17)12-14-6-4-3-5-7-14/h3-12H,2H2,1H3/b16-12-. The molecule has 2 aromatic rings. The van der Waals surface area contributed by atoms with Crippen molar-refractivity contribution in [1.29, 1.82) is 0 Å². The Morgan fingerprint density at radius 2 is 1.65 bits per heavy atom. The summed E-state index contributed by atoms with van der Waals surface area (Å²) in [6.07, 6.45) is 2.57. The molecule has 0 amide bonds. The predicted octanol–water partition coefficient (Wildman–Crippen LogP) is 3.51. The van der Waals surface area contributed by atoms with E-state index in [9.17, 15) is 5.21 Å². The lowest BCUT2D eigenvalue weighted by Gasteiger charge is -2.03. The second-order valence-corrected chi connectivity index (χ2v) is 3.89. The van der Waals surface area contributed by atoms with Crippen LogP contribution in [0.1, 0.15) is 18.1 Å². The summed E-state index contributed by atoms with van der Waals surface area (Å²) in [5.41, 5.74) is 2.80. The van der Waals surface area contributed by atoms with Gasteiger partial charge in [-0.1, -0.05) is 37.3 Å². The average molecular weight is 225 g/mol. The molecule has 2 heteroatoms. The minimum atomic E-state index is 0.658. The van der Waals surface area contributed by atoms with Gasteiger partial charge in [-0.15, -0.1) is 0 Å². The highest BCUT2D eigenvalue weighted by Gasteiger charge is 2.01. The summed E-state index contributed by atoms with van der Waals surface area (Å²) in [5, 5.41) is 11.9. The fourth-order valence-electron chi connectivity index (χ4n) is 1.63. The van der Waals surface area contributed by atoms with E-state index in [-0.39, 0.29) is 0 Å². The minimum absolute atomic E-state index is 0.658. The lowest BCUT2D eigenvalue weighted by Crippen LogP contribution is -1.98. The van der Waals surface area contributed by atoms with E-state index in [4.69, 9.17) is 0 Å². The third-order valence-electron chi connectivity index (χ3n) is 2.66. The molecule has 0 unspecified atom stereocenters. The molecule has 2 aromatic carbocycles. The summed E-state index contributed by atoms with van der Waals surface area (Å²) < 4.78 is 0.898. The third-order valence-corrected chi connectivity index (χ3v) is 2.66. The van der Waals surface area contributed by atoms with Crippen molar-refractivity contribution in [1.82, 2.24) is 0 Å². The van der Waals surface area contributed by atoms with Crippen LogP contribution in [0.3, 0.4) is 0 Å². The molecule has 0 aromatic heterocycles. The van der Waals surface area contributed by atoms with Gasteiger partial charge < -0.3 is 5.21 Å². The molecular formula is C15H15NO. The summed E-state index contributed by atoms with van der Waals surface area (Å²) in [4.78, 5) is 0. The highest BCUT2D eigenvalue weighted by Crippen LogP contribution is 2.12. The van der Waals surface area contributed by atoms with E-state index < -0.39 is 0 Å². The van der Waals surface area contributed by atoms with Crippen molar-refractivity contribution < 1.29 is 4.74 Å². The van der Waals surface area contributed by atoms with Crippen molar-refractivity contribution in [2.24, 2.45) is 0 Å². The molecule has 0 bridgehead atoms. The number of hydrogen-bond acceptors (Lipinski definition) is 1. The van der Waals surface area contributed by atoms with Crippen LogP contribution >= 0.6 is 0 Å². The first-order valence-corrected chi connectivity index (χ1v) is 5.75. The molecule has 0 atom stereocenters. The Morgan fingerprint density at radius 3 is 2.24 bits per heavy atom. The van der Waals surface area contributed by atoms with E-state index in [1.165, 1.54) is 5.56 Å². The van der Waals surface area contributed by atoms with Crippen molar-refractivity contribution in [3.05, 3.63) is 70.9 Å². The van der Waals surface area contributed by atoms with Crippen LogP contribution < -0.4 is 0 Å².